The lowest BCUT2D eigenvalue weighted by molar-refractivity contribution is -0.137. The van der Waals surface area contributed by atoms with E-state index in [9.17, 15) is 26.4 Å². The molecule has 0 radical (unpaired) electrons. The predicted molar refractivity (Wildman–Crippen MR) is 122 cm³/mol. The molecular formula is C23H20ClF3N2O3S. The number of amides is 1. The largest absolute Gasteiger partial charge is 0.418 e. The number of sulfonamides is 1. The quantitative estimate of drug-likeness (QED) is 0.468. The minimum absolute atomic E-state index is 0.0545. The second kappa shape index (κ2) is 9.44. The summed E-state index contributed by atoms with van der Waals surface area (Å²) in [5, 5.41) is 2.03. The number of carbonyl (C=O) groups is 1. The standard InChI is InChI=1S/C23H20ClF3N2O3S/c1-15-8-9-16(2)21(12-15)29(33(31,32)18-6-4-3-5-7-18)14-22(30)28-20-11-10-17(24)13-19(20)23(25,26)27/h3-13H,14H2,1-2H3,(H,28,30). The minimum atomic E-state index is -4.77. The van der Waals surface area contributed by atoms with Crippen molar-refractivity contribution >= 4 is 38.9 Å². The number of rotatable bonds is 6. The molecule has 3 aromatic carbocycles. The van der Waals surface area contributed by atoms with Gasteiger partial charge in [-0.25, -0.2) is 8.42 Å². The van der Waals surface area contributed by atoms with Gasteiger partial charge in [0, 0.05) is 5.02 Å². The number of nitrogens with zero attached hydrogens (tertiary/aromatic N) is 1. The molecule has 5 nitrogen and oxygen atoms in total. The normalized spacial score (nSPS) is 11.8. The fraction of sp³-hybridized carbons (Fsp3) is 0.174. The van der Waals surface area contributed by atoms with Crippen molar-refractivity contribution < 1.29 is 26.4 Å². The molecule has 0 saturated heterocycles. The molecule has 3 rings (SSSR count). The summed E-state index contributed by atoms with van der Waals surface area (Å²) in [5.74, 6) is -0.941. The lowest BCUT2D eigenvalue weighted by Gasteiger charge is -2.26. The van der Waals surface area contributed by atoms with Gasteiger partial charge in [0.2, 0.25) is 5.91 Å². The van der Waals surface area contributed by atoms with E-state index in [0.29, 0.717) is 11.6 Å². The average Bonchev–Trinajstić information content (AvgIpc) is 2.75. The number of hydrogen-bond acceptors (Lipinski definition) is 3. The Bertz CT molecular complexity index is 1280. The molecule has 0 atom stereocenters. The van der Waals surface area contributed by atoms with Crippen LogP contribution < -0.4 is 9.62 Å². The van der Waals surface area contributed by atoms with Crippen LogP contribution in [-0.4, -0.2) is 20.9 Å². The minimum Gasteiger partial charge on any atom is -0.324 e. The van der Waals surface area contributed by atoms with Gasteiger partial charge in [0.25, 0.3) is 10.0 Å². The van der Waals surface area contributed by atoms with Crippen LogP contribution >= 0.6 is 11.6 Å². The summed E-state index contributed by atoms with van der Waals surface area (Å²) < 4.78 is 67.9. The summed E-state index contributed by atoms with van der Waals surface area (Å²) in [4.78, 5) is 12.8. The Kier molecular flexibility index (Phi) is 7.04. The van der Waals surface area contributed by atoms with Gasteiger partial charge in [0.05, 0.1) is 21.8 Å². The van der Waals surface area contributed by atoms with Crippen molar-refractivity contribution in [1.82, 2.24) is 0 Å². The molecule has 3 aromatic rings. The fourth-order valence-electron chi connectivity index (χ4n) is 3.19. The van der Waals surface area contributed by atoms with E-state index in [-0.39, 0.29) is 15.6 Å². The van der Waals surface area contributed by atoms with Crippen LogP contribution in [0.15, 0.2) is 71.6 Å². The highest BCUT2D eigenvalue weighted by Crippen LogP contribution is 2.36. The predicted octanol–water partition coefficient (Wildman–Crippen LogP) is 5.81. The molecule has 0 unspecified atom stereocenters. The van der Waals surface area contributed by atoms with Crippen molar-refractivity contribution in [2.45, 2.75) is 24.9 Å². The SMILES string of the molecule is Cc1ccc(C)c(N(CC(=O)Nc2ccc(Cl)cc2C(F)(F)F)S(=O)(=O)c2ccccc2)c1. The average molecular weight is 497 g/mol. The number of benzene rings is 3. The third-order valence-corrected chi connectivity index (χ3v) is 6.82. The summed E-state index contributed by atoms with van der Waals surface area (Å²) in [6, 6.07) is 15.5. The van der Waals surface area contributed by atoms with Crippen LogP contribution in [0.2, 0.25) is 5.02 Å². The summed E-state index contributed by atoms with van der Waals surface area (Å²) in [5.41, 5.74) is -0.0691. The van der Waals surface area contributed by atoms with Gasteiger partial charge < -0.3 is 5.32 Å². The van der Waals surface area contributed by atoms with Crippen molar-refractivity contribution in [3.63, 3.8) is 0 Å². The Labute approximate surface area is 194 Å². The van der Waals surface area contributed by atoms with Gasteiger partial charge in [-0.05, 0) is 61.4 Å². The third kappa shape index (κ3) is 5.66. The van der Waals surface area contributed by atoms with Gasteiger partial charge in [-0.1, -0.05) is 41.9 Å². The van der Waals surface area contributed by atoms with Crippen molar-refractivity contribution in [3.8, 4) is 0 Å². The van der Waals surface area contributed by atoms with E-state index in [2.05, 4.69) is 5.32 Å². The Morgan fingerprint density at radius 1 is 1.00 bits per heavy atom. The first-order chi connectivity index (χ1) is 15.4. The van der Waals surface area contributed by atoms with E-state index in [1.54, 1.807) is 38.1 Å². The highest BCUT2D eigenvalue weighted by molar-refractivity contribution is 7.92. The Morgan fingerprint density at radius 3 is 2.30 bits per heavy atom. The molecule has 0 bridgehead atoms. The monoisotopic (exact) mass is 496 g/mol. The molecule has 1 amide bonds. The molecule has 0 fully saturated rings. The van der Waals surface area contributed by atoms with Crippen molar-refractivity contribution in [3.05, 3.63) is 88.4 Å². The van der Waals surface area contributed by atoms with Crippen LogP contribution in [0.5, 0.6) is 0 Å². The number of aryl methyl sites for hydroxylation is 2. The molecule has 0 aliphatic rings. The first-order valence-corrected chi connectivity index (χ1v) is 11.5. The van der Waals surface area contributed by atoms with Crippen LogP contribution in [0.4, 0.5) is 24.5 Å². The van der Waals surface area contributed by atoms with Crippen molar-refractivity contribution in [2.24, 2.45) is 0 Å². The topological polar surface area (TPSA) is 66.5 Å². The van der Waals surface area contributed by atoms with Gasteiger partial charge in [-0.2, -0.15) is 13.2 Å². The zero-order valence-electron chi connectivity index (χ0n) is 17.7. The van der Waals surface area contributed by atoms with E-state index < -0.39 is 39.9 Å². The molecular weight excluding hydrogens is 477 g/mol. The summed E-state index contributed by atoms with van der Waals surface area (Å²) >= 11 is 5.68. The molecule has 33 heavy (non-hydrogen) atoms. The van der Waals surface area contributed by atoms with Crippen LogP contribution in [0, 0.1) is 13.8 Å². The van der Waals surface area contributed by atoms with Crippen molar-refractivity contribution in [1.29, 1.82) is 0 Å². The number of halogens is 4. The molecule has 0 saturated carbocycles. The smallest absolute Gasteiger partial charge is 0.324 e. The third-order valence-electron chi connectivity index (χ3n) is 4.81. The number of carbonyl (C=O) groups excluding carboxylic acids is 1. The van der Waals surface area contributed by atoms with Crippen LogP contribution in [0.1, 0.15) is 16.7 Å². The zero-order chi connectivity index (χ0) is 24.4. The van der Waals surface area contributed by atoms with E-state index in [0.717, 1.165) is 15.9 Å². The van der Waals surface area contributed by atoms with E-state index in [4.69, 9.17) is 11.6 Å². The summed E-state index contributed by atoms with van der Waals surface area (Å²) in [6.45, 7) is 2.71. The van der Waals surface area contributed by atoms with Gasteiger partial charge in [0.15, 0.2) is 0 Å². The summed E-state index contributed by atoms with van der Waals surface area (Å²) in [7, 11) is -4.20. The van der Waals surface area contributed by atoms with Gasteiger partial charge in [-0.15, -0.1) is 0 Å². The fourth-order valence-corrected chi connectivity index (χ4v) is 4.86. The first-order valence-electron chi connectivity index (χ1n) is 9.71. The lowest BCUT2D eigenvalue weighted by atomic mass is 10.1. The van der Waals surface area contributed by atoms with E-state index in [1.807, 2.05) is 0 Å². The second-order valence-corrected chi connectivity index (χ2v) is 9.65. The molecule has 0 heterocycles. The van der Waals surface area contributed by atoms with E-state index >= 15 is 0 Å². The Morgan fingerprint density at radius 2 is 1.67 bits per heavy atom. The molecule has 10 heteroatoms. The maximum absolute atomic E-state index is 13.4. The van der Waals surface area contributed by atoms with Gasteiger partial charge in [0.1, 0.15) is 6.54 Å². The lowest BCUT2D eigenvalue weighted by Crippen LogP contribution is -2.38. The maximum atomic E-state index is 13.4. The molecule has 0 aromatic heterocycles. The maximum Gasteiger partial charge on any atom is 0.418 e. The Hall–Kier alpha value is -3.04. The molecule has 0 aliphatic carbocycles. The van der Waals surface area contributed by atoms with Crippen LogP contribution in [0.3, 0.4) is 0 Å². The van der Waals surface area contributed by atoms with Gasteiger partial charge in [-0.3, -0.25) is 9.10 Å². The molecule has 174 valence electrons. The molecule has 1 N–H and O–H groups in total. The highest BCUT2D eigenvalue weighted by atomic mass is 35.5. The summed E-state index contributed by atoms with van der Waals surface area (Å²) in [6.07, 6.45) is -4.77. The van der Waals surface area contributed by atoms with Crippen LogP contribution in [0.25, 0.3) is 0 Å². The number of anilines is 2. The number of nitrogens with one attached hydrogen (secondary N) is 1. The van der Waals surface area contributed by atoms with E-state index in [1.165, 1.54) is 30.3 Å². The molecule has 0 spiro atoms. The number of alkyl halides is 3. The zero-order valence-corrected chi connectivity index (χ0v) is 19.2. The first kappa shape index (κ1) is 24.6. The van der Waals surface area contributed by atoms with Crippen molar-refractivity contribution in [2.75, 3.05) is 16.2 Å². The molecule has 0 aliphatic heterocycles. The highest BCUT2D eigenvalue weighted by Gasteiger charge is 2.35. The van der Waals surface area contributed by atoms with Gasteiger partial charge >= 0.3 is 6.18 Å². The number of hydrogen-bond donors (Lipinski definition) is 1. The van der Waals surface area contributed by atoms with Crippen LogP contribution in [-0.2, 0) is 21.0 Å². The second-order valence-electron chi connectivity index (χ2n) is 7.35. The Balaban J connectivity index is 2.02.